The monoisotopic (exact) mass is 304 g/mol. The van der Waals surface area contributed by atoms with Crippen LogP contribution in [-0.2, 0) is 20.0 Å². The van der Waals surface area contributed by atoms with Crippen LogP contribution < -0.4 is 5.32 Å². The maximum Gasteiger partial charge on any atom is 0.116 e. The highest BCUT2D eigenvalue weighted by Crippen LogP contribution is 2.43. The van der Waals surface area contributed by atoms with Gasteiger partial charge in [0.15, 0.2) is 0 Å². The molecule has 1 aliphatic carbocycles. The molecule has 1 saturated carbocycles. The summed E-state index contributed by atoms with van der Waals surface area (Å²) in [6.45, 7) is 13.0. The van der Waals surface area contributed by atoms with Gasteiger partial charge >= 0.3 is 0 Å². The molecule has 4 nitrogen and oxygen atoms in total. The number of nitrogens with one attached hydrogen (secondary N) is 1. The molecule has 0 atom stereocenters. The van der Waals surface area contributed by atoms with Crippen molar-refractivity contribution in [1.29, 1.82) is 0 Å². The van der Waals surface area contributed by atoms with Gasteiger partial charge < -0.3 is 9.88 Å². The third-order valence-electron chi connectivity index (χ3n) is 4.09. The largest absolute Gasteiger partial charge is 0.344 e. The average molecular weight is 304 g/mol. The second-order valence-electron chi connectivity index (χ2n) is 5.05. The van der Waals surface area contributed by atoms with Crippen LogP contribution in [0.15, 0.2) is 12.5 Å². The Labute approximate surface area is 135 Å². The fraction of sp³-hybridized carbons (Fsp3) is 0.667. The van der Waals surface area contributed by atoms with Crippen LogP contribution in [0.3, 0.4) is 0 Å². The molecular formula is C18H32N4. The minimum Gasteiger partial charge on any atom is -0.344 e. The molecule has 0 radical (unpaired) electrons. The molecule has 0 saturated heterocycles. The van der Waals surface area contributed by atoms with E-state index in [1.165, 1.54) is 24.1 Å². The highest BCUT2D eigenvalue weighted by Gasteiger charge is 2.46. The van der Waals surface area contributed by atoms with Gasteiger partial charge in [-0.15, -0.1) is 0 Å². The maximum absolute atomic E-state index is 4.45. The van der Waals surface area contributed by atoms with Gasteiger partial charge in [-0.3, -0.25) is 0 Å². The second-order valence-corrected chi connectivity index (χ2v) is 5.05. The summed E-state index contributed by atoms with van der Waals surface area (Å²) in [6, 6.07) is 0. The van der Waals surface area contributed by atoms with Crippen LogP contribution in [0.4, 0.5) is 0 Å². The molecule has 2 aliphatic rings. The Hall–Kier alpha value is -1.42. The average Bonchev–Trinajstić information content (AvgIpc) is 3.32. The van der Waals surface area contributed by atoms with Crippen molar-refractivity contribution in [3.63, 3.8) is 0 Å². The van der Waals surface area contributed by atoms with E-state index in [1.807, 2.05) is 47.7 Å². The molecule has 0 unspecified atom stereocenters. The summed E-state index contributed by atoms with van der Waals surface area (Å²) in [7, 11) is 2.11. The molecule has 1 aliphatic heterocycles. The fourth-order valence-electron chi connectivity index (χ4n) is 2.87. The van der Waals surface area contributed by atoms with Crippen LogP contribution in [-0.4, -0.2) is 20.1 Å². The first-order valence-corrected chi connectivity index (χ1v) is 8.80. The molecule has 1 N–H and O–H groups in total. The van der Waals surface area contributed by atoms with Crippen molar-refractivity contribution in [2.45, 2.75) is 72.9 Å². The van der Waals surface area contributed by atoms with Gasteiger partial charge in [0.2, 0.25) is 0 Å². The van der Waals surface area contributed by atoms with Gasteiger partial charge in [-0.05, 0) is 19.3 Å². The van der Waals surface area contributed by atoms with Gasteiger partial charge in [0.05, 0.1) is 17.2 Å². The van der Waals surface area contributed by atoms with Crippen LogP contribution >= 0.6 is 0 Å². The van der Waals surface area contributed by atoms with Crippen LogP contribution in [0.1, 0.15) is 65.6 Å². The third-order valence-corrected chi connectivity index (χ3v) is 4.09. The molecule has 0 bridgehead atoms. The van der Waals surface area contributed by atoms with E-state index in [4.69, 9.17) is 0 Å². The molecule has 0 aromatic carbocycles. The second kappa shape index (κ2) is 8.28. The van der Waals surface area contributed by atoms with Crippen molar-refractivity contribution in [3.8, 4) is 0 Å². The van der Waals surface area contributed by atoms with Crippen molar-refractivity contribution in [2.75, 3.05) is 0 Å². The summed E-state index contributed by atoms with van der Waals surface area (Å²) >= 11 is 0. The quantitative estimate of drug-likeness (QED) is 0.792. The van der Waals surface area contributed by atoms with E-state index in [2.05, 4.69) is 26.9 Å². The lowest BCUT2D eigenvalue weighted by molar-refractivity contribution is 0.454. The lowest BCUT2D eigenvalue weighted by Gasteiger charge is -2.24. The smallest absolute Gasteiger partial charge is 0.116 e. The van der Waals surface area contributed by atoms with E-state index < -0.39 is 0 Å². The normalized spacial score (nSPS) is 16.3. The molecule has 0 amide bonds. The number of rotatable bonds is 0. The lowest BCUT2D eigenvalue weighted by atomic mass is 9.99. The molecule has 4 rings (SSSR count). The first-order chi connectivity index (χ1) is 10.8. The van der Waals surface area contributed by atoms with Crippen molar-refractivity contribution in [3.05, 3.63) is 23.8 Å². The zero-order valence-electron chi connectivity index (χ0n) is 15.3. The molecule has 4 heteroatoms. The Bertz CT molecular complexity index is 582. The zero-order valence-corrected chi connectivity index (χ0v) is 15.3. The van der Waals surface area contributed by atoms with Gasteiger partial charge in [0.1, 0.15) is 6.33 Å². The molecule has 124 valence electrons. The molecule has 3 heterocycles. The Balaban J connectivity index is 0.000000365. The van der Waals surface area contributed by atoms with Crippen LogP contribution in [0.2, 0.25) is 0 Å². The Morgan fingerprint density at radius 1 is 1.09 bits per heavy atom. The van der Waals surface area contributed by atoms with Crippen LogP contribution in [0.5, 0.6) is 0 Å². The summed E-state index contributed by atoms with van der Waals surface area (Å²) in [5.74, 6) is 0. The Morgan fingerprint density at radius 3 is 2.32 bits per heavy atom. The fourth-order valence-corrected chi connectivity index (χ4v) is 2.87. The number of nitrogens with zero attached hydrogens (tertiary/aromatic N) is 3. The van der Waals surface area contributed by atoms with E-state index in [-0.39, 0.29) is 0 Å². The topological polar surface area (TPSA) is 42.7 Å². The van der Waals surface area contributed by atoms with Crippen LogP contribution in [0.25, 0.3) is 11.0 Å². The molecule has 22 heavy (non-hydrogen) atoms. The minimum atomic E-state index is 0.409. The first-order valence-electron chi connectivity index (χ1n) is 8.80. The van der Waals surface area contributed by atoms with E-state index in [1.54, 1.807) is 6.33 Å². The molecule has 1 fully saturated rings. The zero-order chi connectivity index (χ0) is 16.8. The standard InChI is InChI=1S/C12H14N4.3C2H6/c1-16-9-6-15-12(2-3-12)4-8(9)11-10(16)5-13-7-14-11;3*1-2/h5,7,15H,2-4,6H2,1H3;3*1-2H3. The summed E-state index contributed by atoms with van der Waals surface area (Å²) in [4.78, 5) is 8.57. The predicted octanol–water partition coefficient (Wildman–Crippen LogP) is 4.23. The van der Waals surface area contributed by atoms with E-state index in [0.29, 0.717) is 5.54 Å². The van der Waals surface area contributed by atoms with Crippen LogP contribution in [0, 0.1) is 0 Å². The molecular weight excluding hydrogens is 272 g/mol. The van der Waals surface area contributed by atoms with E-state index in [0.717, 1.165) is 24.0 Å². The Kier molecular flexibility index (Phi) is 7.01. The molecule has 2 aromatic heterocycles. The first kappa shape index (κ1) is 18.6. The highest BCUT2D eigenvalue weighted by molar-refractivity contribution is 5.81. The number of aromatic nitrogens is 3. The number of fused-ring (bicyclic) bond motifs is 3. The van der Waals surface area contributed by atoms with Gasteiger partial charge in [-0.1, -0.05) is 41.5 Å². The minimum absolute atomic E-state index is 0.409. The van der Waals surface area contributed by atoms with Crippen molar-refractivity contribution < 1.29 is 0 Å². The van der Waals surface area contributed by atoms with Crippen molar-refractivity contribution in [2.24, 2.45) is 7.05 Å². The SMILES string of the molecule is CC.CC.CC.Cn1c2c(c3ncncc31)CC1(CC1)NC2. The maximum atomic E-state index is 4.45. The molecule has 1 spiro atoms. The number of hydrogen-bond acceptors (Lipinski definition) is 3. The van der Waals surface area contributed by atoms with Gasteiger partial charge in [-0.2, -0.15) is 0 Å². The van der Waals surface area contributed by atoms with Crippen molar-refractivity contribution >= 4 is 11.0 Å². The third kappa shape index (κ3) is 3.32. The highest BCUT2D eigenvalue weighted by atomic mass is 15.1. The molecule has 2 aromatic rings. The number of aryl methyl sites for hydroxylation is 1. The summed E-state index contributed by atoms with van der Waals surface area (Å²) in [6.07, 6.45) is 7.34. The van der Waals surface area contributed by atoms with Gasteiger partial charge in [0.25, 0.3) is 0 Å². The predicted molar refractivity (Wildman–Crippen MR) is 95.1 cm³/mol. The summed E-state index contributed by atoms with van der Waals surface area (Å²) in [5.41, 5.74) is 5.54. The van der Waals surface area contributed by atoms with Gasteiger partial charge in [0, 0.05) is 30.4 Å². The lowest BCUT2D eigenvalue weighted by Crippen LogP contribution is -2.38. The van der Waals surface area contributed by atoms with E-state index >= 15 is 0 Å². The Morgan fingerprint density at radius 2 is 1.73 bits per heavy atom. The summed E-state index contributed by atoms with van der Waals surface area (Å²) in [5, 5.41) is 3.66. The van der Waals surface area contributed by atoms with E-state index in [9.17, 15) is 0 Å². The number of hydrogen-bond donors (Lipinski definition) is 1. The van der Waals surface area contributed by atoms with Crippen molar-refractivity contribution in [1.82, 2.24) is 19.9 Å². The van der Waals surface area contributed by atoms with Gasteiger partial charge in [-0.25, -0.2) is 9.97 Å². The summed E-state index contributed by atoms with van der Waals surface area (Å²) < 4.78 is 2.23.